The molecule has 0 aliphatic rings. The number of carbonyl (C=O) groups excluding carboxylic acids is 1. The van der Waals surface area contributed by atoms with Crippen LogP contribution in [-0.4, -0.2) is 17.1 Å². The molecule has 5 heteroatoms. The monoisotopic (exact) mass is 331 g/mol. The molecule has 25 heavy (non-hydrogen) atoms. The molecule has 0 unspecified atom stereocenters. The van der Waals surface area contributed by atoms with E-state index in [1.165, 1.54) is 0 Å². The van der Waals surface area contributed by atoms with Gasteiger partial charge in [-0.05, 0) is 30.7 Å². The number of esters is 1. The molecule has 1 heterocycles. The van der Waals surface area contributed by atoms with Crippen molar-refractivity contribution in [3.63, 3.8) is 0 Å². The van der Waals surface area contributed by atoms with Gasteiger partial charge in [0.15, 0.2) is 0 Å². The highest BCUT2D eigenvalue weighted by Gasteiger charge is 2.16. The number of benzene rings is 2. The molecule has 0 amide bonds. The average Bonchev–Trinajstić information content (AvgIpc) is 2.99. The van der Waals surface area contributed by atoms with Crippen LogP contribution in [0.15, 0.2) is 60.8 Å². The van der Waals surface area contributed by atoms with Crippen LogP contribution in [0.1, 0.15) is 22.8 Å². The first-order valence-electron chi connectivity index (χ1n) is 7.89. The van der Waals surface area contributed by atoms with Gasteiger partial charge in [-0.3, -0.25) is 0 Å². The number of ether oxygens (including phenoxy) is 1. The van der Waals surface area contributed by atoms with Crippen molar-refractivity contribution >= 4 is 11.8 Å². The molecule has 2 aromatic carbocycles. The van der Waals surface area contributed by atoms with Crippen LogP contribution in [0.25, 0.3) is 16.8 Å². The molecule has 3 aromatic rings. The van der Waals surface area contributed by atoms with E-state index in [1.54, 1.807) is 29.7 Å². The van der Waals surface area contributed by atoms with E-state index in [2.05, 4.69) is 6.07 Å². The first-order valence-corrected chi connectivity index (χ1v) is 7.89. The predicted octanol–water partition coefficient (Wildman–Crippen LogP) is 3.77. The molecule has 0 saturated heterocycles. The van der Waals surface area contributed by atoms with Crippen molar-refractivity contribution in [2.75, 3.05) is 12.3 Å². The van der Waals surface area contributed by atoms with Gasteiger partial charge in [-0.2, -0.15) is 5.26 Å². The largest absolute Gasteiger partial charge is 0.462 e. The smallest absolute Gasteiger partial charge is 0.338 e. The summed E-state index contributed by atoms with van der Waals surface area (Å²) in [6, 6.07) is 18.7. The minimum absolute atomic E-state index is 0.311. The van der Waals surface area contributed by atoms with E-state index >= 15 is 0 Å². The van der Waals surface area contributed by atoms with Crippen LogP contribution in [0.5, 0.6) is 0 Å². The van der Waals surface area contributed by atoms with E-state index in [-0.39, 0.29) is 5.97 Å². The molecule has 2 N–H and O–H groups in total. The second-order valence-electron chi connectivity index (χ2n) is 5.42. The normalized spacial score (nSPS) is 10.2. The summed E-state index contributed by atoms with van der Waals surface area (Å²) < 4.78 is 6.75. The maximum atomic E-state index is 11.9. The van der Waals surface area contributed by atoms with Gasteiger partial charge >= 0.3 is 5.97 Å². The second-order valence-corrected chi connectivity index (χ2v) is 5.42. The molecule has 0 aliphatic heterocycles. The lowest BCUT2D eigenvalue weighted by Gasteiger charge is -2.08. The number of nitrogens with zero attached hydrogens (tertiary/aromatic N) is 2. The SMILES string of the molecule is CCOC(=O)c1cccc(-n2cc(-c3ccccc3)c(C#N)c2N)c1. The van der Waals surface area contributed by atoms with Crippen molar-refractivity contribution < 1.29 is 9.53 Å². The molecule has 0 spiro atoms. The van der Waals surface area contributed by atoms with Gasteiger partial charge in [-0.15, -0.1) is 0 Å². The summed E-state index contributed by atoms with van der Waals surface area (Å²) in [7, 11) is 0. The minimum atomic E-state index is -0.390. The van der Waals surface area contributed by atoms with Gasteiger partial charge in [-0.25, -0.2) is 4.79 Å². The van der Waals surface area contributed by atoms with Crippen molar-refractivity contribution in [1.29, 1.82) is 5.26 Å². The summed E-state index contributed by atoms with van der Waals surface area (Å²) in [6.07, 6.45) is 1.81. The van der Waals surface area contributed by atoms with Crippen molar-refractivity contribution in [2.24, 2.45) is 0 Å². The van der Waals surface area contributed by atoms with Crippen molar-refractivity contribution in [3.05, 3.63) is 71.9 Å². The Morgan fingerprint density at radius 3 is 2.64 bits per heavy atom. The Bertz CT molecular complexity index is 953. The standard InChI is InChI=1S/C20H17N3O2/c1-2-25-20(24)15-9-6-10-16(11-15)23-13-18(17(12-21)19(23)22)14-7-4-3-5-8-14/h3-11,13H,2,22H2,1H3. The molecule has 0 aliphatic carbocycles. The first kappa shape index (κ1) is 16.3. The number of anilines is 1. The van der Waals surface area contributed by atoms with E-state index in [0.717, 1.165) is 11.1 Å². The van der Waals surface area contributed by atoms with Crippen LogP contribution in [-0.2, 0) is 4.74 Å². The van der Waals surface area contributed by atoms with E-state index in [4.69, 9.17) is 10.5 Å². The topological polar surface area (TPSA) is 81.0 Å². The Hall–Kier alpha value is -3.52. The van der Waals surface area contributed by atoms with Gasteiger partial charge < -0.3 is 15.0 Å². The van der Waals surface area contributed by atoms with Gasteiger partial charge in [0, 0.05) is 17.4 Å². The number of hydrogen-bond donors (Lipinski definition) is 1. The van der Waals surface area contributed by atoms with Gasteiger partial charge in [0.1, 0.15) is 17.5 Å². The van der Waals surface area contributed by atoms with Crippen LogP contribution in [0.4, 0.5) is 5.82 Å². The van der Waals surface area contributed by atoms with Crippen molar-refractivity contribution in [3.8, 4) is 22.9 Å². The lowest BCUT2D eigenvalue weighted by molar-refractivity contribution is 0.0526. The van der Waals surface area contributed by atoms with Crippen molar-refractivity contribution in [2.45, 2.75) is 6.92 Å². The number of rotatable bonds is 4. The number of hydrogen-bond acceptors (Lipinski definition) is 4. The number of aromatic nitrogens is 1. The molecule has 3 rings (SSSR count). The van der Waals surface area contributed by atoms with Crippen LogP contribution in [0.3, 0.4) is 0 Å². The maximum Gasteiger partial charge on any atom is 0.338 e. The second kappa shape index (κ2) is 6.93. The lowest BCUT2D eigenvalue weighted by Crippen LogP contribution is -2.06. The Morgan fingerprint density at radius 2 is 1.96 bits per heavy atom. The van der Waals surface area contributed by atoms with E-state index in [0.29, 0.717) is 29.2 Å². The summed E-state index contributed by atoms with van der Waals surface area (Å²) >= 11 is 0. The van der Waals surface area contributed by atoms with Crippen LogP contribution in [0.2, 0.25) is 0 Å². The Labute approximate surface area is 145 Å². The zero-order valence-corrected chi connectivity index (χ0v) is 13.8. The third kappa shape index (κ3) is 3.10. The fraction of sp³-hybridized carbons (Fsp3) is 0.100. The molecular formula is C20H17N3O2. The highest BCUT2D eigenvalue weighted by atomic mass is 16.5. The molecule has 0 atom stereocenters. The molecule has 0 radical (unpaired) electrons. The summed E-state index contributed by atoms with van der Waals surface area (Å²) in [6.45, 7) is 2.07. The van der Waals surface area contributed by atoms with Gasteiger partial charge in [0.25, 0.3) is 0 Å². The highest BCUT2D eigenvalue weighted by molar-refractivity contribution is 5.90. The number of nitrogen functional groups attached to an aromatic ring is 1. The quantitative estimate of drug-likeness (QED) is 0.738. The Morgan fingerprint density at radius 1 is 1.20 bits per heavy atom. The van der Waals surface area contributed by atoms with E-state index < -0.39 is 0 Å². The molecule has 0 saturated carbocycles. The summed E-state index contributed by atoms with van der Waals surface area (Å²) in [5, 5.41) is 9.52. The van der Waals surface area contributed by atoms with Crippen molar-refractivity contribution in [1.82, 2.24) is 4.57 Å². The Kier molecular flexibility index (Phi) is 4.53. The zero-order valence-electron chi connectivity index (χ0n) is 13.8. The van der Waals surface area contributed by atoms with E-state index in [1.807, 2.05) is 42.6 Å². The van der Waals surface area contributed by atoms with E-state index in [9.17, 15) is 10.1 Å². The molecule has 1 aromatic heterocycles. The average molecular weight is 331 g/mol. The summed E-state index contributed by atoms with van der Waals surface area (Å²) in [4.78, 5) is 11.9. The summed E-state index contributed by atoms with van der Waals surface area (Å²) in [5.74, 6) is -0.0544. The fourth-order valence-corrected chi connectivity index (χ4v) is 2.69. The lowest BCUT2D eigenvalue weighted by atomic mass is 10.1. The fourth-order valence-electron chi connectivity index (χ4n) is 2.69. The molecule has 5 nitrogen and oxygen atoms in total. The maximum absolute atomic E-state index is 11.9. The number of carbonyl (C=O) groups is 1. The van der Waals surface area contributed by atoms with Crippen LogP contribution in [0, 0.1) is 11.3 Å². The summed E-state index contributed by atoms with van der Waals surface area (Å²) in [5.41, 5.74) is 9.40. The molecule has 0 fully saturated rings. The highest BCUT2D eigenvalue weighted by Crippen LogP contribution is 2.31. The number of nitrogens with two attached hydrogens (primary N) is 1. The van der Waals surface area contributed by atoms with Gasteiger partial charge in [0.2, 0.25) is 0 Å². The predicted molar refractivity (Wildman–Crippen MR) is 96.3 cm³/mol. The minimum Gasteiger partial charge on any atom is -0.462 e. The van der Waals surface area contributed by atoms with Gasteiger partial charge in [-0.1, -0.05) is 36.4 Å². The molecular weight excluding hydrogens is 314 g/mol. The van der Waals surface area contributed by atoms with Crippen LogP contribution < -0.4 is 5.73 Å². The zero-order chi connectivity index (χ0) is 17.8. The van der Waals surface area contributed by atoms with Gasteiger partial charge in [0.05, 0.1) is 12.2 Å². The molecule has 124 valence electrons. The first-order chi connectivity index (χ1) is 12.2. The van der Waals surface area contributed by atoms with Crippen LogP contribution >= 0.6 is 0 Å². The third-order valence-electron chi connectivity index (χ3n) is 3.88. The number of nitriles is 1. The Balaban J connectivity index is 2.10. The molecule has 0 bridgehead atoms. The third-order valence-corrected chi connectivity index (χ3v) is 3.88.